The van der Waals surface area contributed by atoms with Crippen LogP contribution in [0.5, 0.6) is 0 Å². The van der Waals surface area contributed by atoms with Gasteiger partial charge in [-0.25, -0.2) is 4.79 Å². The van der Waals surface area contributed by atoms with Crippen molar-refractivity contribution in [1.29, 1.82) is 0 Å². The topological polar surface area (TPSA) is 66.8 Å². The van der Waals surface area contributed by atoms with Crippen LogP contribution in [0.15, 0.2) is 42.6 Å². The highest BCUT2D eigenvalue weighted by molar-refractivity contribution is 5.85. The first-order valence-electron chi connectivity index (χ1n) is 13.1. The number of methoxy groups -OCH3 is 1. The maximum atomic E-state index is 13.7. The third-order valence-electron chi connectivity index (χ3n) is 7.39. The summed E-state index contributed by atoms with van der Waals surface area (Å²) in [6, 6.07) is 12.6. The fourth-order valence-electron chi connectivity index (χ4n) is 5.29. The molecule has 2 aliphatic rings. The SMILES string of the molecule is COCCN(CC(=O)N1CCn2cccc2C1c1ccc(C(C)C)cc1)C(=O)NC1CCCCC1. The number of fused-ring (bicyclic) bond motifs is 1. The molecule has 1 aromatic carbocycles. The van der Waals surface area contributed by atoms with E-state index < -0.39 is 0 Å². The van der Waals surface area contributed by atoms with Crippen molar-refractivity contribution in [3.05, 3.63) is 59.4 Å². The van der Waals surface area contributed by atoms with Gasteiger partial charge < -0.3 is 24.4 Å². The maximum absolute atomic E-state index is 13.7. The third-order valence-corrected chi connectivity index (χ3v) is 7.39. The van der Waals surface area contributed by atoms with E-state index in [-0.39, 0.29) is 30.6 Å². The Morgan fingerprint density at radius 1 is 1.09 bits per heavy atom. The molecule has 2 heterocycles. The van der Waals surface area contributed by atoms with Gasteiger partial charge in [0.15, 0.2) is 0 Å². The molecule has 1 N–H and O–H groups in total. The number of nitrogens with one attached hydrogen (secondary N) is 1. The molecule has 0 radical (unpaired) electrons. The van der Waals surface area contributed by atoms with Gasteiger partial charge in [-0.1, -0.05) is 57.4 Å². The Bertz CT molecular complexity index is 978. The molecule has 190 valence electrons. The highest BCUT2D eigenvalue weighted by atomic mass is 16.5. The van der Waals surface area contributed by atoms with E-state index in [0.29, 0.717) is 25.6 Å². The summed E-state index contributed by atoms with van der Waals surface area (Å²) in [5, 5.41) is 3.16. The van der Waals surface area contributed by atoms with Crippen LogP contribution in [0.4, 0.5) is 4.79 Å². The summed E-state index contributed by atoms with van der Waals surface area (Å²) in [4.78, 5) is 30.4. The van der Waals surface area contributed by atoms with Gasteiger partial charge in [0.25, 0.3) is 0 Å². The van der Waals surface area contributed by atoms with E-state index in [1.54, 1.807) is 12.0 Å². The van der Waals surface area contributed by atoms with E-state index in [9.17, 15) is 9.59 Å². The Morgan fingerprint density at radius 2 is 1.83 bits per heavy atom. The van der Waals surface area contributed by atoms with Crippen LogP contribution >= 0.6 is 0 Å². The number of rotatable bonds is 8. The fourth-order valence-corrected chi connectivity index (χ4v) is 5.29. The molecule has 7 nitrogen and oxygen atoms in total. The molecule has 1 atom stereocenters. The second-order valence-corrected chi connectivity index (χ2v) is 10.1. The van der Waals surface area contributed by atoms with Gasteiger partial charge in [-0.2, -0.15) is 0 Å². The maximum Gasteiger partial charge on any atom is 0.318 e. The summed E-state index contributed by atoms with van der Waals surface area (Å²) in [5.41, 5.74) is 3.48. The number of nitrogens with zero attached hydrogens (tertiary/aromatic N) is 3. The first kappa shape index (κ1) is 25.3. The number of carbonyl (C=O) groups is 2. The van der Waals surface area contributed by atoms with Crippen LogP contribution in [-0.2, 0) is 16.1 Å². The van der Waals surface area contributed by atoms with Crippen LogP contribution in [0.25, 0.3) is 0 Å². The molecule has 3 amide bonds. The smallest absolute Gasteiger partial charge is 0.318 e. The molecule has 1 unspecified atom stereocenters. The third kappa shape index (κ3) is 6.07. The average Bonchev–Trinajstić information content (AvgIpc) is 3.35. The number of aromatic nitrogens is 1. The molecule has 35 heavy (non-hydrogen) atoms. The van der Waals surface area contributed by atoms with Crippen molar-refractivity contribution >= 4 is 11.9 Å². The molecular formula is C28H40N4O3. The van der Waals surface area contributed by atoms with Gasteiger partial charge in [-0.3, -0.25) is 4.79 Å². The quantitative estimate of drug-likeness (QED) is 0.604. The Morgan fingerprint density at radius 3 is 2.51 bits per heavy atom. The minimum Gasteiger partial charge on any atom is -0.383 e. The van der Waals surface area contributed by atoms with Crippen LogP contribution in [-0.4, -0.2) is 65.7 Å². The minimum absolute atomic E-state index is 0.0368. The molecule has 1 saturated carbocycles. The largest absolute Gasteiger partial charge is 0.383 e. The van der Waals surface area contributed by atoms with Crippen LogP contribution < -0.4 is 5.32 Å². The number of benzene rings is 1. The predicted molar refractivity (Wildman–Crippen MR) is 137 cm³/mol. The van der Waals surface area contributed by atoms with Gasteiger partial charge in [0.2, 0.25) is 5.91 Å². The van der Waals surface area contributed by atoms with Crippen LogP contribution in [0.3, 0.4) is 0 Å². The summed E-state index contributed by atoms with van der Waals surface area (Å²) in [6.45, 7) is 6.56. The van der Waals surface area contributed by atoms with Crippen molar-refractivity contribution in [2.24, 2.45) is 0 Å². The minimum atomic E-state index is -0.168. The lowest BCUT2D eigenvalue weighted by molar-refractivity contribution is -0.134. The second kappa shape index (κ2) is 11.8. The number of ether oxygens (including phenoxy) is 1. The molecule has 7 heteroatoms. The first-order valence-corrected chi connectivity index (χ1v) is 13.1. The van der Waals surface area contributed by atoms with Gasteiger partial charge in [0.05, 0.1) is 12.6 Å². The Hall–Kier alpha value is -2.80. The number of carbonyl (C=O) groups excluding carboxylic acids is 2. The van der Waals surface area contributed by atoms with Gasteiger partial charge >= 0.3 is 6.03 Å². The van der Waals surface area contributed by atoms with E-state index in [0.717, 1.165) is 43.5 Å². The van der Waals surface area contributed by atoms with Gasteiger partial charge in [0, 0.05) is 44.7 Å². The molecule has 0 spiro atoms. The molecule has 1 fully saturated rings. The molecule has 1 aliphatic heterocycles. The Kier molecular flexibility index (Phi) is 8.50. The Balaban J connectivity index is 1.53. The average molecular weight is 481 g/mol. The summed E-state index contributed by atoms with van der Waals surface area (Å²) in [6.07, 6.45) is 7.62. The summed E-state index contributed by atoms with van der Waals surface area (Å²) < 4.78 is 7.47. The zero-order valence-corrected chi connectivity index (χ0v) is 21.4. The normalized spacial score (nSPS) is 18.4. The van der Waals surface area contributed by atoms with Crippen LogP contribution in [0, 0.1) is 0 Å². The van der Waals surface area contributed by atoms with Gasteiger partial charge in [-0.05, 0) is 42.0 Å². The highest BCUT2D eigenvalue weighted by Crippen LogP contribution is 2.33. The summed E-state index contributed by atoms with van der Waals surface area (Å²) >= 11 is 0. The lowest BCUT2D eigenvalue weighted by Gasteiger charge is -2.38. The van der Waals surface area contributed by atoms with E-state index in [2.05, 4.69) is 60.3 Å². The highest BCUT2D eigenvalue weighted by Gasteiger charge is 2.33. The molecule has 1 aromatic heterocycles. The summed E-state index contributed by atoms with van der Waals surface area (Å²) in [5.74, 6) is 0.416. The van der Waals surface area contributed by atoms with Gasteiger partial charge in [-0.15, -0.1) is 0 Å². The fraction of sp³-hybridized carbons (Fsp3) is 0.571. The second-order valence-electron chi connectivity index (χ2n) is 10.1. The van der Waals surface area contributed by atoms with Crippen molar-refractivity contribution in [2.75, 3.05) is 33.4 Å². The molecule has 2 aromatic rings. The lowest BCUT2D eigenvalue weighted by Crippen LogP contribution is -2.52. The molecule has 0 saturated heterocycles. The molecule has 4 rings (SSSR count). The molecule has 0 bridgehead atoms. The van der Waals surface area contributed by atoms with Crippen molar-refractivity contribution in [1.82, 2.24) is 19.7 Å². The number of hydrogen-bond donors (Lipinski definition) is 1. The van der Waals surface area contributed by atoms with Crippen molar-refractivity contribution < 1.29 is 14.3 Å². The lowest BCUT2D eigenvalue weighted by atomic mass is 9.95. The van der Waals surface area contributed by atoms with E-state index in [1.807, 2.05) is 11.0 Å². The molecular weight excluding hydrogens is 440 g/mol. The van der Waals surface area contributed by atoms with Crippen LogP contribution in [0.2, 0.25) is 0 Å². The zero-order chi connectivity index (χ0) is 24.8. The standard InChI is InChI=1S/C28H40N4O3/c1-21(2)22-11-13-23(14-12-22)27-25-10-7-15-30(25)16-17-32(27)26(33)20-31(18-19-35-3)28(34)29-24-8-5-4-6-9-24/h7,10-15,21,24,27H,4-6,8-9,16-20H2,1-3H3,(H,29,34). The van der Waals surface area contributed by atoms with E-state index >= 15 is 0 Å². The first-order chi connectivity index (χ1) is 17.0. The predicted octanol–water partition coefficient (Wildman–Crippen LogP) is 4.53. The van der Waals surface area contributed by atoms with Crippen LogP contribution in [0.1, 0.15) is 74.7 Å². The van der Waals surface area contributed by atoms with E-state index in [1.165, 1.54) is 12.0 Å². The Labute approximate surface area is 209 Å². The molecule has 1 aliphatic carbocycles. The number of urea groups is 1. The number of hydrogen-bond acceptors (Lipinski definition) is 3. The van der Waals surface area contributed by atoms with E-state index in [4.69, 9.17) is 4.74 Å². The monoisotopic (exact) mass is 480 g/mol. The summed E-state index contributed by atoms with van der Waals surface area (Å²) in [7, 11) is 1.62. The van der Waals surface area contributed by atoms with Crippen molar-refractivity contribution in [2.45, 2.75) is 70.5 Å². The van der Waals surface area contributed by atoms with Crippen molar-refractivity contribution in [3.8, 4) is 0 Å². The zero-order valence-electron chi connectivity index (χ0n) is 21.4. The van der Waals surface area contributed by atoms with Crippen molar-refractivity contribution in [3.63, 3.8) is 0 Å². The van der Waals surface area contributed by atoms with Gasteiger partial charge in [0.1, 0.15) is 6.54 Å². The number of amides is 3.